The number of benzene rings is 2. The molecule has 0 bridgehead atoms. The number of nitrogen functional groups attached to an aromatic ring is 1. The second-order valence-electron chi connectivity index (χ2n) is 4.31. The van der Waals surface area contributed by atoms with Crippen LogP contribution in [0.2, 0.25) is 0 Å². The summed E-state index contributed by atoms with van der Waals surface area (Å²) in [5, 5.41) is 2.96. The molecule has 0 aliphatic heterocycles. The predicted octanol–water partition coefficient (Wildman–Crippen LogP) is 3.95. The van der Waals surface area contributed by atoms with E-state index in [4.69, 9.17) is 5.73 Å². The third-order valence-electron chi connectivity index (χ3n) is 2.74. The lowest BCUT2D eigenvalue weighted by Gasteiger charge is -2.10. The first kappa shape index (κ1) is 15.0. The highest BCUT2D eigenvalue weighted by molar-refractivity contribution is 14.1. The first-order valence-electron chi connectivity index (χ1n) is 5.89. The van der Waals surface area contributed by atoms with E-state index >= 15 is 0 Å². The first-order valence-corrected chi connectivity index (χ1v) is 6.97. The lowest BCUT2D eigenvalue weighted by atomic mass is 10.1. The van der Waals surface area contributed by atoms with Crippen molar-refractivity contribution >= 4 is 34.0 Å². The molecular weight excluding hydrogens is 380 g/mol. The summed E-state index contributed by atoms with van der Waals surface area (Å²) in [7, 11) is 0. The lowest BCUT2D eigenvalue weighted by Crippen LogP contribution is -2.08. The zero-order valence-corrected chi connectivity index (χ0v) is 12.5. The molecule has 2 nitrogen and oxygen atoms in total. The smallest absolute Gasteiger partial charge is 0.138 e. The average molecular weight is 392 g/mol. The molecule has 0 radical (unpaired) electrons. The minimum absolute atomic E-state index is 0.362. The van der Waals surface area contributed by atoms with Gasteiger partial charge >= 0.3 is 0 Å². The van der Waals surface area contributed by atoms with E-state index in [2.05, 4.69) is 5.32 Å². The number of nitrogens with two attached hydrogens (primary N) is 1. The Hall–Kier alpha value is -1.44. The minimum Gasteiger partial charge on any atom is -0.397 e. The fourth-order valence-electron chi connectivity index (χ4n) is 1.81. The molecule has 0 atom stereocenters. The van der Waals surface area contributed by atoms with Gasteiger partial charge in [-0.25, -0.2) is 13.2 Å². The standard InChI is InChI=1S/C14H12F3IN2/c15-9-3-8(4-10(16)5-9)1-2-20-14-6-11(17)12(18)7-13(14)19/h3-7,20H,1-2,19H2. The molecule has 0 saturated heterocycles. The summed E-state index contributed by atoms with van der Waals surface area (Å²) in [5.41, 5.74) is 7.20. The normalized spacial score (nSPS) is 10.6. The van der Waals surface area contributed by atoms with Gasteiger partial charge in [-0.05, 0) is 52.8 Å². The molecule has 0 unspecified atom stereocenters. The SMILES string of the molecule is Nc1cc(I)c(F)cc1NCCc1cc(F)cc(F)c1. The molecule has 3 N–H and O–H groups in total. The van der Waals surface area contributed by atoms with Crippen LogP contribution in [0, 0.1) is 21.0 Å². The van der Waals surface area contributed by atoms with Crippen LogP contribution in [-0.4, -0.2) is 6.54 Å². The Balaban J connectivity index is 2.01. The maximum atomic E-state index is 13.4. The number of halogens is 4. The van der Waals surface area contributed by atoms with E-state index in [1.165, 1.54) is 24.3 Å². The quantitative estimate of drug-likeness (QED) is 0.611. The Morgan fingerprint density at radius 3 is 2.30 bits per heavy atom. The number of nitrogens with one attached hydrogen (secondary N) is 1. The van der Waals surface area contributed by atoms with Crippen molar-refractivity contribution in [3.8, 4) is 0 Å². The van der Waals surface area contributed by atoms with Crippen molar-refractivity contribution in [1.82, 2.24) is 0 Å². The van der Waals surface area contributed by atoms with Crippen molar-refractivity contribution in [3.05, 3.63) is 56.9 Å². The van der Waals surface area contributed by atoms with E-state index in [1.54, 1.807) is 0 Å². The molecular formula is C14H12F3IN2. The van der Waals surface area contributed by atoms with Crippen molar-refractivity contribution in [3.63, 3.8) is 0 Å². The Bertz CT molecular complexity index is 612. The van der Waals surface area contributed by atoms with Crippen LogP contribution in [0.15, 0.2) is 30.3 Å². The summed E-state index contributed by atoms with van der Waals surface area (Å²) >= 11 is 1.85. The lowest BCUT2D eigenvalue weighted by molar-refractivity contribution is 0.580. The van der Waals surface area contributed by atoms with Gasteiger partial charge in [-0.1, -0.05) is 0 Å². The van der Waals surface area contributed by atoms with Gasteiger partial charge in [0.2, 0.25) is 0 Å². The third kappa shape index (κ3) is 3.78. The molecule has 0 aliphatic carbocycles. The first-order chi connectivity index (χ1) is 9.45. The molecule has 20 heavy (non-hydrogen) atoms. The Morgan fingerprint density at radius 2 is 1.65 bits per heavy atom. The molecule has 0 spiro atoms. The summed E-state index contributed by atoms with van der Waals surface area (Å²) in [6, 6.07) is 6.19. The van der Waals surface area contributed by atoms with Crippen LogP contribution < -0.4 is 11.1 Å². The van der Waals surface area contributed by atoms with Crippen molar-refractivity contribution in [2.45, 2.75) is 6.42 Å². The molecule has 2 rings (SSSR count). The van der Waals surface area contributed by atoms with Crippen molar-refractivity contribution in [2.75, 3.05) is 17.6 Å². The van der Waals surface area contributed by atoms with Crippen LogP contribution in [-0.2, 0) is 6.42 Å². The molecule has 106 valence electrons. The van der Waals surface area contributed by atoms with Crippen molar-refractivity contribution < 1.29 is 13.2 Å². The maximum Gasteiger partial charge on any atom is 0.138 e. The summed E-state index contributed by atoms with van der Waals surface area (Å²) in [6.45, 7) is 0.396. The van der Waals surface area contributed by atoms with Crippen LogP contribution in [0.4, 0.5) is 24.5 Å². The highest BCUT2D eigenvalue weighted by atomic mass is 127. The van der Waals surface area contributed by atoms with Gasteiger partial charge in [0.15, 0.2) is 0 Å². The molecule has 0 amide bonds. The zero-order valence-electron chi connectivity index (χ0n) is 10.4. The van der Waals surface area contributed by atoms with Gasteiger partial charge in [-0.2, -0.15) is 0 Å². The molecule has 0 saturated carbocycles. The van der Waals surface area contributed by atoms with E-state index in [-0.39, 0.29) is 5.82 Å². The third-order valence-corrected chi connectivity index (χ3v) is 3.57. The van der Waals surface area contributed by atoms with Crippen LogP contribution >= 0.6 is 22.6 Å². The van der Waals surface area contributed by atoms with E-state index < -0.39 is 11.6 Å². The Labute approximate surface area is 128 Å². The van der Waals surface area contributed by atoms with Gasteiger partial charge in [0.25, 0.3) is 0 Å². The summed E-state index contributed by atoms with van der Waals surface area (Å²) in [5.74, 6) is -1.58. The highest BCUT2D eigenvalue weighted by Gasteiger charge is 2.06. The number of rotatable bonds is 4. The van der Waals surface area contributed by atoms with E-state index in [1.807, 2.05) is 22.6 Å². The molecule has 6 heteroatoms. The molecule has 0 heterocycles. The highest BCUT2D eigenvalue weighted by Crippen LogP contribution is 2.24. The topological polar surface area (TPSA) is 38.0 Å². The molecule has 0 aliphatic rings. The second kappa shape index (κ2) is 6.34. The van der Waals surface area contributed by atoms with Gasteiger partial charge in [-0.15, -0.1) is 0 Å². The van der Waals surface area contributed by atoms with Crippen molar-refractivity contribution in [2.24, 2.45) is 0 Å². The summed E-state index contributed by atoms with van der Waals surface area (Å²) in [6.07, 6.45) is 0.404. The van der Waals surface area contributed by atoms with E-state index in [0.29, 0.717) is 33.5 Å². The van der Waals surface area contributed by atoms with Gasteiger partial charge in [-0.3, -0.25) is 0 Å². The van der Waals surface area contributed by atoms with Gasteiger partial charge in [0, 0.05) is 18.7 Å². The van der Waals surface area contributed by atoms with Crippen LogP contribution in [0.3, 0.4) is 0 Å². The number of hydrogen-bond donors (Lipinski definition) is 2. The fraction of sp³-hybridized carbons (Fsp3) is 0.143. The largest absolute Gasteiger partial charge is 0.397 e. The Morgan fingerprint density at radius 1 is 1.00 bits per heavy atom. The minimum atomic E-state index is -0.611. The van der Waals surface area contributed by atoms with Gasteiger partial charge in [0.1, 0.15) is 17.5 Å². The summed E-state index contributed by atoms with van der Waals surface area (Å²) in [4.78, 5) is 0. The monoisotopic (exact) mass is 392 g/mol. The predicted molar refractivity (Wildman–Crippen MR) is 82.1 cm³/mol. The zero-order chi connectivity index (χ0) is 14.7. The van der Waals surface area contributed by atoms with Crippen LogP contribution in [0.5, 0.6) is 0 Å². The second-order valence-corrected chi connectivity index (χ2v) is 5.47. The molecule has 2 aromatic rings. The maximum absolute atomic E-state index is 13.4. The molecule has 0 fully saturated rings. The van der Waals surface area contributed by atoms with Gasteiger partial charge in [0.05, 0.1) is 14.9 Å². The summed E-state index contributed by atoms with van der Waals surface area (Å²) < 4.78 is 39.9. The number of hydrogen-bond acceptors (Lipinski definition) is 2. The fourth-order valence-corrected chi connectivity index (χ4v) is 2.30. The van der Waals surface area contributed by atoms with Crippen LogP contribution in [0.1, 0.15) is 5.56 Å². The number of anilines is 2. The van der Waals surface area contributed by atoms with E-state index in [9.17, 15) is 13.2 Å². The Kier molecular flexibility index (Phi) is 4.74. The average Bonchev–Trinajstić information content (AvgIpc) is 2.34. The molecule has 0 aromatic heterocycles. The van der Waals surface area contributed by atoms with Crippen LogP contribution in [0.25, 0.3) is 0 Å². The van der Waals surface area contributed by atoms with E-state index in [0.717, 1.165) is 6.07 Å². The van der Waals surface area contributed by atoms with Crippen molar-refractivity contribution in [1.29, 1.82) is 0 Å². The van der Waals surface area contributed by atoms with Gasteiger partial charge < -0.3 is 11.1 Å². The molecule has 2 aromatic carbocycles.